The Hall–Kier alpha value is -3.21. The number of methoxy groups -OCH3 is 1. The molecule has 0 unspecified atom stereocenters. The lowest BCUT2D eigenvalue weighted by Gasteiger charge is -2.11. The summed E-state index contributed by atoms with van der Waals surface area (Å²) in [5.41, 5.74) is -0.484. The molecule has 2 aromatic rings. The zero-order valence-corrected chi connectivity index (χ0v) is 13.0. The Bertz CT molecular complexity index is 795. The van der Waals surface area contributed by atoms with Gasteiger partial charge in [0, 0.05) is 6.07 Å². The number of rotatable bonds is 5. The monoisotopic (exact) mass is 351 g/mol. The zero-order valence-electron chi connectivity index (χ0n) is 13.0. The molecule has 8 heteroatoms. The van der Waals surface area contributed by atoms with Crippen LogP contribution < -0.4 is 14.2 Å². The molecule has 0 fully saturated rings. The first-order valence-corrected chi connectivity index (χ1v) is 6.92. The minimum Gasteiger partial charge on any atom is -0.493 e. The van der Waals surface area contributed by atoms with Crippen molar-refractivity contribution in [2.75, 3.05) is 13.7 Å². The molecule has 0 atom stereocenters. The summed E-state index contributed by atoms with van der Waals surface area (Å²) in [6, 6.07) is 10.1. The van der Waals surface area contributed by atoms with E-state index in [2.05, 4.69) is 0 Å². The predicted octanol–water partition coefficient (Wildman–Crippen LogP) is 3.57. The highest BCUT2D eigenvalue weighted by molar-refractivity contribution is 5.75. The van der Waals surface area contributed by atoms with Crippen LogP contribution in [0.2, 0.25) is 0 Å². The van der Waals surface area contributed by atoms with Gasteiger partial charge in [0.15, 0.2) is 18.1 Å². The maximum atomic E-state index is 12.5. The Kier molecular flexibility index (Phi) is 5.49. The van der Waals surface area contributed by atoms with Gasteiger partial charge < -0.3 is 14.2 Å². The Morgan fingerprint density at radius 3 is 2.36 bits per heavy atom. The van der Waals surface area contributed by atoms with Crippen molar-refractivity contribution >= 4 is 5.97 Å². The molecular formula is C17H12F3NO4. The van der Waals surface area contributed by atoms with E-state index in [0.717, 1.165) is 24.3 Å². The Morgan fingerprint density at radius 2 is 1.80 bits per heavy atom. The highest BCUT2D eigenvalue weighted by Gasteiger charge is 2.30. The second-order valence-corrected chi connectivity index (χ2v) is 4.76. The van der Waals surface area contributed by atoms with Crippen LogP contribution in [0.15, 0.2) is 42.5 Å². The molecule has 0 amide bonds. The quantitative estimate of drug-likeness (QED) is 0.608. The largest absolute Gasteiger partial charge is 0.493 e. The van der Waals surface area contributed by atoms with Gasteiger partial charge in [-0.25, -0.2) is 4.79 Å². The summed E-state index contributed by atoms with van der Waals surface area (Å²) in [5.74, 6) is -0.385. The normalized spacial score (nSPS) is 10.7. The van der Waals surface area contributed by atoms with Crippen LogP contribution in [-0.2, 0) is 11.0 Å². The van der Waals surface area contributed by atoms with E-state index in [1.165, 1.54) is 25.3 Å². The molecule has 130 valence electrons. The number of ether oxygens (including phenoxy) is 3. The standard InChI is InChI=1S/C17H12F3NO4/c1-23-15-8-11(9-21)2-7-14(15)25-16(22)10-24-13-5-3-12(4-6-13)17(18,19)20/h2-8H,10H2,1H3. The number of hydrogen-bond donors (Lipinski definition) is 0. The van der Waals surface area contributed by atoms with E-state index in [1.807, 2.05) is 6.07 Å². The fraction of sp³-hybridized carbons (Fsp3) is 0.176. The van der Waals surface area contributed by atoms with Crippen LogP contribution in [0.1, 0.15) is 11.1 Å². The molecule has 0 aliphatic heterocycles. The van der Waals surface area contributed by atoms with Crippen molar-refractivity contribution in [3.05, 3.63) is 53.6 Å². The Morgan fingerprint density at radius 1 is 1.12 bits per heavy atom. The number of benzene rings is 2. The number of nitriles is 1. The number of carbonyl (C=O) groups excluding carboxylic acids is 1. The molecule has 0 aliphatic rings. The summed E-state index contributed by atoms with van der Waals surface area (Å²) >= 11 is 0. The van der Waals surface area contributed by atoms with E-state index < -0.39 is 24.3 Å². The molecule has 5 nitrogen and oxygen atoms in total. The van der Waals surface area contributed by atoms with Gasteiger partial charge in [0.2, 0.25) is 0 Å². The third-order valence-electron chi connectivity index (χ3n) is 3.05. The SMILES string of the molecule is COc1cc(C#N)ccc1OC(=O)COc1ccc(C(F)(F)F)cc1. The number of alkyl halides is 3. The first-order valence-electron chi connectivity index (χ1n) is 6.92. The summed E-state index contributed by atoms with van der Waals surface area (Å²) in [7, 11) is 1.35. The van der Waals surface area contributed by atoms with Crippen LogP contribution in [0.25, 0.3) is 0 Å². The first kappa shape index (κ1) is 18.1. The molecule has 0 spiro atoms. The van der Waals surface area contributed by atoms with Crippen LogP contribution >= 0.6 is 0 Å². The summed E-state index contributed by atoms with van der Waals surface area (Å²) in [5, 5.41) is 8.81. The van der Waals surface area contributed by atoms with E-state index in [4.69, 9.17) is 19.5 Å². The average Bonchev–Trinajstić information content (AvgIpc) is 2.60. The fourth-order valence-electron chi connectivity index (χ4n) is 1.86. The second-order valence-electron chi connectivity index (χ2n) is 4.76. The molecule has 25 heavy (non-hydrogen) atoms. The lowest BCUT2D eigenvalue weighted by atomic mass is 10.2. The van der Waals surface area contributed by atoms with Crippen LogP contribution in [0.5, 0.6) is 17.2 Å². The molecule has 2 aromatic carbocycles. The first-order chi connectivity index (χ1) is 11.8. The third kappa shape index (κ3) is 4.88. The van der Waals surface area contributed by atoms with Gasteiger partial charge in [0.25, 0.3) is 0 Å². The van der Waals surface area contributed by atoms with Crippen molar-refractivity contribution in [2.24, 2.45) is 0 Å². The highest BCUT2D eigenvalue weighted by Crippen LogP contribution is 2.30. The van der Waals surface area contributed by atoms with Crippen molar-refractivity contribution in [3.63, 3.8) is 0 Å². The van der Waals surface area contributed by atoms with Crippen molar-refractivity contribution in [1.29, 1.82) is 5.26 Å². The maximum absolute atomic E-state index is 12.5. The minimum atomic E-state index is -4.44. The van der Waals surface area contributed by atoms with Gasteiger partial charge in [0.1, 0.15) is 5.75 Å². The van der Waals surface area contributed by atoms with E-state index >= 15 is 0 Å². The fourth-order valence-corrected chi connectivity index (χ4v) is 1.86. The lowest BCUT2D eigenvalue weighted by Crippen LogP contribution is -2.18. The van der Waals surface area contributed by atoms with Crippen molar-refractivity contribution in [1.82, 2.24) is 0 Å². The topological polar surface area (TPSA) is 68.5 Å². The van der Waals surface area contributed by atoms with E-state index in [1.54, 1.807) is 0 Å². The maximum Gasteiger partial charge on any atom is 0.416 e. The van der Waals surface area contributed by atoms with Crippen molar-refractivity contribution < 1.29 is 32.2 Å². The molecule has 0 saturated carbocycles. The second kappa shape index (κ2) is 7.57. The van der Waals surface area contributed by atoms with E-state index in [-0.39, 0.29) is 17.2 Å². The molecule has 0 N–H and O–H groups in total. The lowest BCUT2D eigenvalue weighted by molar-refractivity contribution is -0.138. The number of esters is 1. The van der Waals surface area contributed by atoms with E-state index in [9.17, 15) is 18.0 Å². The molecule has 0 heterocycles. The smallest absolute Gasteiger partial charge is 0.416 e. The van der Waals surface area contributed by atoms with Gasteiger partial charge in [-0.2, -0.15) is 18.4 Å². The van der Waals surface area contributed by atoms with Gasteiger partial charge in [-0.15, -0.1) is 0 Å². The van der Waals surface area contributed by atoms with Gasteiger partial charge in [-0.3, -0.25) is 0 Å². The molecular weight excluding hydrogens is 339 g/mol. The molecule has 0 aromatic heterocycles. The molecule has 0 radical (unpaired) electrons. The van der Waals surface area contributed by atoms with Crippen LogP contribution in [0.3, 0.4) is 0 Å². The summed E-state index contributed by atoms with van der Waals surface area (Å²) in [6.45, 7) is -0.505. The number of hydrogen-bond acceptors (Lipinski definition) is 5. The number of nitrogens with zero attached hydrogens (tertiary/aromatic N) is 1. The average molecular weight is 351 g/mol. The van der Waals surface area contributed by atoms with Crippen molar-refractivity contribution in [3.8, 4) is 23.3 Å². The highest BCUT2D eigenvalue weighted by atomic mass is 19.4. The van der Waals surface area contributed by atoms with Crippen LogP contribution in [0, 0.1) is 11.3 Å². The minimum absolute atomic E-state index is 0.0942. The molecule has 0 saturated heterocycles. The van der Waals surface area contributed by atoms with Crippen LogP contribution in [0.4, 0.5) is 13.2 Å². The predicted molar refractivity (Wildman–Crippen MR) is 80.3 cm³/mol. The van der Waals surface area contributed by atoms with Crippen molar-refractivity contribution in [2.45, 2.75) is 6.18 Å². The number of halogens is 3. The summed E-state index contributed by atoms with van der Waals surface area (Å²) in [4.78, 5) is 11.8. The Labute approximate surface area is 141 Å². The van der Waals surface area contributed by atoms with E-state index in [0.29, 0.717) is 5.56 Å². The van der Waals surface area contributed by atoms with Gasteiger partial charge >= 0.3 is 12.1 Å². The molecule has 0 aliphatic carbocycles. The molecule has 0 bridgehead atoms. The summed E-state index contributed by atoms with van der Waals surface area (Å²) < 4.78 is 52.5. The number of carbonyl (C=O) groups is 1. The van der Waals surface area contributed by atoms with Gasteiger partial charge in [0.05, 0.1) is 24.3 Å². The molecule has 2 rings (SSSR count). The van der Waals surface area contributed by atoms with Gasteiger partial charge in [-0.1, -0.05) is 0 Å². The van der Waals surface area contributed by atoms with Crippen LogP contribution in [-0.4, -0.2) is 19.7 Å². The van der Waals surface area contributed by atoms with Gasteiger partial charge in [-0.05, 0) is 36.4 Å². The third-order valence-corrected chi connectivity index (χ3v) is 3.05. The summed E-state index contributed by atoms with van der Waals surface area (Å²) in [6.07, 6.45) is -4.44. The zero-order chi connectivity index (χ0) is 18.4. The Balaban J connectivity index is 1.96.